The van der Waals surface area contributed by atoms with Gasteiger partial charge in [-0.1, -0.05) is 13.8 Å². The summed E-state index contributed by atoms with van der Waals surface area (Å²) in [4.78, 5) is 63.7. The molecule has 14 heteroatoms. The normalized spacial score (nSPS) is 12.5. The summed E-state index contributed by atoms with van der Waals surface area (Å²) in [6.07, 6.45) is 2.05. The van der Waals surface area contributed by atoms with Gasteiger partial charge in [0.1, 0.15) is 6.04 Å². The topological polar surface area (TPSA) is 205 Å². The fourth-order valence-electron chi connectivity index (χ4n) is 4.50. The number of thiol groups is 1. The average Bonchev–Trinajstić information content (AvgIpc) is 2.89. The third-order valence-electron chi connectivity index (χ3n) is 6.20. The summed E-state index contributed by atoms with van der Waals surface area (Å²) in [6, 6.07) is 5.14. The van der Waals surface area contributed by atoms with Gasteiger partial charge in [0.2, 0.25) is 11.9 Å². The van der Waals surface area contributed by atoms with Crippen LogP contribution in [0.1, 0.15) is 63.0 Å². The summed E-state index contributed by atoms with van der Waals surface area (Å²) >= 11 is 4.36. The number of amides is 2. The SMILES string of the molecule is CC(C)(CS)CC(C)(C)NC(=O)CCC(NC(=O)c1ccc(NCc2cnc3nc(N)[nH]c(=O)c3n2)cc1)C(=O)O. The van der Waals surface area contributed by atoms with Crippen LogP contribution < -0.4 is 27.2 Å². The maximum Gasteiger partial charge on any atom is 0.326 e. The molecule has 2 amide bonds. The van der Waals surface area contributed by atoms with Crippen molar-refractivity contribution in [1.29, 1.82) is 0 Å². The summed E-state index contributed by atoms with van der Waals surface area (Å²) in [5.41, 5.74) is 6.05. The highest BCUT2D eigenvalue weighted by molar-refractivity contribution is 7.80. The van der Waals surface area contributed by atoms with Gasteiger partial charge in [-0.2, -0.15) is 17.6 Å². The van der Waals surface area contributed by atoms with Crippen molar-refractivity contribution in [1.82, 2.24) is 30.6 Å². The van der Waals surface area contributed by atoms with Crippen molar-refractivity contribution >= 4 is 53.2 Å². The van der Waals surface area contributed by atoms with Gasteiger partial charge < -0.3 is 26.8 Å². The van der Waals surface area contributed by atoms with Crippen LogP contribution in [0.25, 0.3) is 11.2 Å². The zero-order chi connectivity index (χ0) is 30.4. The lowest BCUT2D eigenvalue weighted by molar-refractivity contribution is -0.139. The number of carbonyl (C=O) groups excluding carboxylic acids is 2. The number of carbonyl (C=O) groups is 3. The van der Waals surface area contributed by atoms with Crippen LogP contribution in [0, 0.1) is 5.41 Å². The van der Waals surface area contributed by atoms with Gasteiger partial charge in [-0.15, -0.1) is 0 Å². The first kappa shape index (κ1) is 31.3. The number of nitrogens with one attached hydrogen (secondary N) is 4. The monoisotopic (exact) mass is 584 g/mol. The van der Waals surface area contributed by atoms with Crippen molar-refractivity contribution < 1.29 is 19.5 Å². The van der Waals surface area contributed by atoms with Gasteiger partial charge in [0.25, 0.3) is 11.5 Å². The number of aromatic nitrogens is 4. The predicted octanol–water partition coefficient (Wildman–Crippen LogP) is 2.11. The van der Waals surface area contributed by atoms with Crippen LogP contribution in [0.15, 0.2) is 35.3 Å². The zero-order valence-electron chi connectivity index (χ0n) is 23.4. The fraction of sp³-hybridized carbons (Fsp3) is 0.444. The molecule has 2 aromatic heterocycles. The number of nitrogen functional groups attached to an aromatic ring is 1. The van der Waals surface area contributed by atoms with E-state index in [9.17, 15) is 24.3 Å². The van der Waals surface area contributed by atoms with Crippen molar-refractivity contribution in [2.24, 2.45) is 5.41 Å². The average molecular weight is 585 g/mol. The molecule has 220 valence electrons. The number of nitrogens with two attached hydrogens (primary N) is 1. The number of aromatic amines is 1. The Morgan fingerprint density at radius 3 is 2.44 bits per heavy atom. The molecule has 0 saturated carbocycles. The van der Waals surface area contributed by atoms with E-state index in [1.807, 2.05) is 13.8 Å². The summed E-state index contributed by atoms with van der Waals surface area (Å²) in [7, 11) is 0. The molecule has 0 aliphatic heterocycles. The Labute approximate surface area is 242 Å². The highest BCUT2D eigenvalue weighted by Crippen LogP contribution is 2.29. The Morgan fingerprint density at radius 1 is 1.12 bits per heavy atom. The van der Waals surface area contributed by atoms with Crippen molar-refractivity contribution in [3.05, 3.63) is 52.1 Å². The number of benzene rings is 1. The Hall–Kier alpha value is -4.20. The lowest BCUT2D eigenvalue weighted by Crippen LogP contribution is -2.47. The second-order valence-corrected chi connectivity index (χ2v) is 11.6. The summed E-state index contributed by atoms with van der Waals surface area (Å²) < 4.78 is 0. The van der Waals surface area contributed by atoms with Gasteiger partial charge in [-0.25, -0.2) is 14.8 Å². The fourth-order valence-corrected chi connectivity index (χ4v) is 4.61. The molecule has 1 atom stereocenters. The van der Waals surface area contributed by atoms with Crippen LogP contribution in [0.2, 0.25) is 0 Å². The number of fused-ring (bicyclic) bond motifs is 1. The van der Waals surface area contributed by atoms with Gasteiger partial charge in [0.15, 0.2) is 11.2 Å². The molecule has 7 N–H and O–H groups in total. The molecular weight excluding hydrogens is 548 g/mol. The molecular formula is C27H36N8O5S. The van der Waals surface area contributed by atoms with Crippen molar-refractivity contribution in [3.63, 3.8) is 0 Å². The van der Waals surface area contributed by atoms with Crippen LogP contribution in [0.4, 0.5) is 11.6 Å². The molecule has 1 aromatic carbocycles. The Morgan fingerprint density at radius 2 is 1.80 bits per heavy atom. The van der Waals surface area contributed by atoms with E-state index in [2.05, 4.69) is 62.4 Å². The van der Waals surface area contributed by atoms with E-state index in [1.54, 1.807) is 24.3 Å². The van der Waals surface area contributed by atoms with Crippen molar-refractivity contribution in [2.45, 2.75) is 65.1 Å². The van der Waals surface area contributed by atoms with Gasteiger partial charge in [-0.3, -0.25) is 19.4 Å². The Balaban J connectivity index is 1.54. The van der Waals surface area contributed by atoms with Gasteiger partial charge >= 0.3 is 5.97 Å². The van der Waals surface area contributed by atoms with Crippen LogP contribution >= 0.6 is 12.6 Å². The highest BCUT2D eigenvalue weighted by atomic mass is 32.1. The molecule has 0 fully saturated rings. The quantitative estimate of drug-likeness (QED) is 0.146. The van der Waals surface area contributed by atoms with Gasteiger partial charge in [-0.05, 0) is 62.1 Å². The minimum Gasteiger partial charge on any atom is -0.480 e. The van der Waals surface area contributed by atoms with E-state index < -0.39 is 29.0 Å². The summed E-state index contributed by atoms with van der Waals surface area (Å²) in [5.74, 6) is -1.48. The predicted molar refractivity (Wildman–Crippen MR) is 159 cm³/mol. The first-order valence-electron chi connectivity index (χ1n) is 13.0. The standard InChI is InChI=1S/C27H36N8O5S/c1-26(2,14-41)13-27(3,4)35-19(36)10-9-18(24(39)40)32-22(37)15-5-7-16(8-6-15)29-11-17-12-30-21-20(31-17)23(38)34-25(28)33-21/h5-8,12,18,29,41H,9-11,13-14H2,1-4H3,(H,32,37)(H,35,36)(H,39,40)(H3,28,30,33,34,38). The number of carboxylic acids is 1. The van der Waals surface area contributed by atoms with Crippen LogP contribution in [0.5, 0.6) is 0 Å². The van der Waals surface area contributed by atoms with E-state index in [0.29, 0.717) is 23.6 Å². The van der Waals surface area contributed by atoms with Gasteiger partial charge in [0.05, 0.1) is 18.4 Å². The molecule has 0 saturated heterocycles. The highest BCUT2D eigenvalue weighted by Gasteiger charge is 2.30. The maximum absolute atomic E-state index is 12.7. The van der Waals surface area contributed by atoms with Gasteiger partial charge in [0, 0.05) is 23.2 Å². The molecule has 0 bridgehead atoms. The molecule has 3 rings (SSSR count). The second-order valence-electron chi connectivity index (χ2n) is 11.2. The number of rotatable bonds is 13. The van der Waals surface area contributed by atoms with Crippen LogP contribution in [0.3, 0.4) is 0 Å². The number of H-pyrrole nitrogens is 1. The third-order valence-corrected chi connectivity index (χ3v) is 7.05. The molecule has 0 spiro atoms. The Bertz CT molecular complexity index is 1470. The number of aliphatic carboxylic acids is 1. The summed E-state index contributed by atoms with van der Waals surface area (Å²) in [5, 5.41) is 18.2. The minimum absolute atomic E-state index is 0.0456. The zero-order valence-corrected chi connectivity index (χ0v) is 24.3. The molecule has 13 nitrogen and oxygen atoms in total. The molecule has 2 heterocycles. The van der Waals surface area contributed by atoms with Crippen LogP contribution in [-0.4, -0.2) is 60.2 Å². The Kier molecular flexibility index (Phi) is 9.92. The molecule has 41 heavy (non-hydrogen) atoms. The van der Waals surface area contributed by atoms with Crippen molar-refractivity contribution in [2.75, 3.05) is 16.8 Å². The number of hydrogen-bond acceptors (Lipinski definition) is 10. The summed E-state index contributed by atoms with van der Waals surface area (Å²) in [6.45, 7) is 8.18. The number of hydrogen-bond donors (Lipinski definition) is 7. The second kappa shape index (κ2) is 13.0. The van der Waals surface area contributed by atoms with E-state index in [0.717, 1.165) is 0 Å². The number of carboxylic acid groups (broad SMARTS) is 1. The largest absolute Gasteiger partial charge is 0.480 e. The lowest BCUT2D eigenvalue weighted by atomic mass is 9.81. The smallest absolute Gasteiger partial charge is 0.326 e. The third kappa shape index (κ3) is 9.17. The minimum atomic E-state index is -1.23. The van der Waals surface area contributed by atoms with E-state index in [-0.39, 0.29) is 53.4 Å². The first-order chi connectivity index (χ1) is 19.2. The first-order valence-corrected chi connectivity index (χ1v) is 13.6. The molecule has 1 unspecified atom stereocenters. The van der Waals surface area contributed by atoms with Crippen LogP contribution in [-0.2, 0) is 16.1 Å². The van der Waals surface area contributed by atoms with Crippen molar-refractivity contribution in [3.8, 4) is 0 Å². The number of anilines is 2. The molecule has 0 aliphatic rings. The maximum atomic E-state index is 12.7. The molecule has 3 aromatic rings. The van der Waals surface area contributed by atoms with E-state index >= 15 is 0 Å². The van der Waals surface area contributed by atoms with E-state index in [4.69, 9.17) is 5.73 Å². The number of nitrogens with zero attached hydrogens (tertiary/aromatic N) is 3. The molecule has 0 aliphatic carbocycles. The lowest BCUT2D eigenvalue weighted by Gasteiger charge is -2.35. The molecule has 0 radical (unpaired) electrons. The van der Waals surface area contributed by atoms with E-state index in [1.165, 1.54) is 6.20 Å².